The Labute approximate surface area is 159 Å². The molecule has 0 bridgehead atoms. The van der Waals surface area contributed by atoms with Crippen LogP contribution in [-0.4, -0.2) is 64.7 Å². The van der Waals surface area contributed by atoms with Crippen LogP contribution in [0.5, 0.6) is 17.2 Å². The fraction of sp³-hybridized carbons (Fsp3) is 0.550. The zero-order chi connectivity index (χ0) is 19.2. The van der Waals surface area contributed by atoms with Crippen molar-refractivity contribution in [2.45, 2.75) is 19.1 Å². The van der Waals surface area contributed by atoms with Crippen molar-refractivity contribution in [3.8, 4) is 17.2 Å². The Kier molecular flexibility index (Phi) is 6.58. The monoisotopic (exact) mass is 377 g/mol. The average Bonchev–Trinajstić information content (AvgIpc) is 3.26. The van der Waals surface area contributed by atoms with E-state index in [1.807, 2.05) is 17.0 Å². The first-order valence-electron chi connectivity index (χ1n) is 9.16. The van der Waals surface area contributed by atoms with Crippen molar-refractivity contribution < 1.29 is 28.5 Å². The van der Waals surface area contributed by atoms with Gasteiger partial charge in [-0.3, -0.25) is 4.79 Å². The Hall–Kier alpha value is -2.25. The van der Waals surface area contributed by atoms with Gasteiger partial charge in [0, 0.05) is 25.1 Å². The number of amides is 1. The van der Waals surface area contributed by atoms with Crippen LogP contribution >= 0.6 is 0 Å². The molecule has 1 amide bonds. The van der Waals surface area contributed by atoms with Crippen LogP contribution in [0.2, 0.25) is 0 Å². The van der Waals surface area contributed by atoms with E-state index in [2.05, 4.69) is 0 Å². The summed E-state index contributed by atoms with van der Waals surface area (Å²) >= 11 is 0. The number of rotatable bonds is 6. The molecule has 7 nitrogen and oxygen atoms in total. The van der Waals surface area contributed by atoms with Gasteiger partial charge in [0.2, 0.25) is 11.7 Å². The van der Waals surface area contributed by atoms with Gasteiger partial charge in [0.05, 0.1) is 34.5 Å². The molecular formula is C20H27NO6. The lowest BCUT2D eigenvalue weighted by atomic mass is 9.97. The van der Waals surface area contributed by atoms with E-state index in [1.165, 1.54) is 0 Å². The number of benzene rings is 1. The topological polar surface area (TPSA) is 66.5 Å². The van der Waals surface area contributed by atoms with Gasteiger partial charge in [-0.15, -0.1) is 0 Å². The highest BCUT2D eigenvalue weighted by Crippen LogP contribution is 2.38. The van der Waals surface area contributed by atoms with Gasteiger partial charge in [0.1, 0.15) is 0 Å². The van der Waals surface area contributed by atoms with Gasteiger partial charge in [0.25, 0.3) is 0 Å². The summed E-state index contributed by atoms with van der Waals surface area (Å²) in [5.74, 6) is 1.85. The molecule has 27 heavy (non-hydrogen) atoms. The second-order valence-electron chi connectivity index (χ2n) is 6.59. The van der Waals surface area contributed by atoms with Gasteiger partial charge in [-0.1, -0.05) is 0 Å². The SMILES string of the molecule is COc1cc(/C=C/C(=O)N2CCCC(C3OCCO3)C2)cc(OC)c1OC. The van der Waals surface area contributed by atoms with Gasteiger partial charge in [-0.25, -0.2) is 0 Å². The molecule has 1 aromatic carbocycles. The maximum Gasteiger partial charge on any atom is 0.246 e. The van der Waals surface area contributed by atoms with E-state index >= 15 is 0 Å². The molecule has 1 atom stereocenters. The van der Waals surface area contributed by atoms with Crippen LogP contribution in [0.15, 0.2) is 18.2 Å². The standard InChI is InChI=1S/C20H27NO6/c1-23-16-11-14(12-17(24-2)19(16)25-3)6-7-18(22)21-8-4-5-15(13-21)20-26-9-10-27-20/h6-7,11-12,15,20H,4-5,8-10,13H2,1-3H3/b7-6+. The molecule has 0 aliphatic carbocycles. The number of methoxy groups -OCH3 is 3. The predicted octanol–water partition coefficient (Wildman–Crippen LogP) is 2.34. The number of piperidine rings is 1. The summed E-state index contributed by atoms with van der Waals surface area (Å²) in [4.78, 5) is 14.5. The Morgan fingerprint density at radius 2 is 1.78 bits per heavy atom. The summed E-state index contributed by atoms with van der Waals surface area (Å²) in [7, 11) is 4.69. The van der Waals surface area contributed by atoms with E-state index in [0.29, 0.717) is 37.0 Å². The molecule has 1 aromatic rings. The van der Waals surface area contributed by atoms with Crippen molar-refractivity contribution in [3.05, 3.63) is 23.8 Å². The minimum atomic E-state index is -0.181. The first-order valence-corrected chi connectivity index (χ1v) is 9.16. The number of carbonyl (C=O) groups excluding carboxylic acids is 1. The Morgan fingerprint density at radius 1 is 1.11 bits per heavy atom. The zero-order valence-corrected chi connectivity index (χ0v) is 16.1. The molecule has 1 unspecified atom stereocenters. The molecular weight excluding hydrogens is 350 g/mol. The first kappa shape index (κ1) is 19.5. The predicted molar refractivity (Wildman–Crippen MR) is 100 cm³/mol. The molecule has 0 radical (unpaired) electrons. The molecule has 3 rings (SSSR count). The molecule has 7 heteroatoms. The minimum Gasteiger partial charge on any atom is -0.493 e. The fourth-order valence-electron chi connectivity index (χ4n) is 3.55. The first-order chi connectivity index (χ1) is 13.2. The third-order valence-corrected chi connectivity index (χ3v) is 4.91. The summed E-state index contributed by atoms with van der Waals surface area (Å²) in [6, 6.07) is 3.62. The largest absolute Gasteiger partial charge is 0.493 e. The fourth-order valence-corrected chi connectivity index (χ4v) is 3.55. The Bertz CT molecular complexity index is 658. The Morgan fingerprint density at radius 3 is 2.37 bits per heavy atom. The normalized spacial score (nSPS) is 20.9. The molecule has 2 saturated heterocycles. The second-order valence-corrected chi connectivity index (χ2v) is 6.59. The molecule has 2 fully saturated rings. The summed E-state index contributed by atoms with van der Waals surface area (Å²) in [6.07, 6.45) is 5.14. The second kappa shape index (κ2) is 9.10. The number of carbonyl (C=O) groups is 1. The highest BCUT2D eigenvalue weighted by molar-refractivity contribution is 5.92. The van der Waals surface area contributed by atoms with Crippen LogP contribution in [-0.2, 0) is 14.3 Å². The van der Waals surface area contributed by atoms with Crippen LogP contribution in [0.25, 0.3) is 6.08 Å². The van der Waals surface area contributed by atoms with Gasteiger partial charge in [-0.2, -0.15) is 0 Å². The number of likely N-dealkylation sites (tertiary alicyclic amines) is 1. The molecule has 0 N–H and O–H groups in total. The van der Waals surface area contributed by atoms with Gasteiger partial charge in [-0.05, 0) is 36.6 Å². The summed E-state index contributed by atoms with van der Waals surface area (Å²) in [6.45, 7) is 2.68. The number of hydrogen-bond acceptors (Lipinski definition) is 6. The van der Waals surface area contributed by atoms with E-state index in [-0.39, 0.29) is 18.1 Å². The minimum absolute atomic E-state index is 0.0218. The van der Waals surface area contributed by atoms with Gasteiger partial charge >= 0.3 is 0 Å². The number of ether oxygens (including phenoxy) is 5. The van der Waals surface area contributed by atoms with Gasteiger partial charge in [0.15, 0.2) is 17.8 Å². The molecule has 2 aliphatic heterocycles. The molecule has 0 spiro atoms. The van der Waals surface area contributed by atoms with Crippen molar-refractivity contribution in [3.63, 3.8) is 0 Å². The number of hydrogen-bond donors (Lipinski definition) is 0. The molecule has 148 valence electrons. The van der Waals surface area contributed by atoms with E-state index in [4.69, 9.17) is 23.7 Å². The van der Waals surface area contributed by atoms with Crippen molar-refractivity contribution in [2.24, 2.45) is 5.92 Å². The summed E-state index contributed by atoms with van der Waals surface area (Å²) in [5, 5.41) is 0. The van der Waals surface area contributed by atoms with Crippen molar-refractivity contribution in [2.75, 3.05) is 47.6 Å². The summed E-state index contributed by atoms with van der Waals surface area (Å²) in [5.41, 5.74) is 0.800. The molecule has 0 aromatic heterocycles. The van der Waals surface area contributed by atoms with Crippen molar-refractivity contribution in [1.29, 1.82) is 0 Å². The van der Waals surface area contributed by atoms with E-state index in [0.717, 1.165) is 24.9 Å². The van der Waals surface area contributed by atoms with Crippen LogP contribution in [0.3, 0.4) is 0 Å². The van der Waals surface area contributed by atoms with E-state index in [1.54, 1.807) is 33.5 Å². The maximum atomic E-state index is 12.6. The van der Waals surface area contributed by atoms with E-state index in [9.17, 15) is 4.79 Å². The van der Waals surface area contributed by atoms with Gasteiger partial charge < -0.3 is 28.6 Å². The van der Waals surface area contributed by atoms with E-state index < -0.39 is 0 Å². The third kappa shape index (κ3) is 4.54. The van der Waals surface area contributed by atoms with Crippen LogP contribution in [0.1, 0.15) is 18.4 Å². The quantitative estimate of drug-likeness (QED) is 0.709. The smallest absolute Gasteiger partial charge is 0.246 e. The van der Waals surface area contributed by atoms with Crippen LogP contribution in [0, 0.1) is 5.92 Å². The maximum absolute atomic E-state index is 12.6. The number of nitrogens with zero attached hydrogens (tertiary/aromatic N) is 1. The molecule has 0 saturated carbocycles. The highest BCUT2D eigenvalue weighted by Gasteiger charge is 2.32. The molecule has 2 aliphatic rings. The Balaban J connectivity index is 1.68. The average molecular weight is 377 g/mol. The lowest BCUT2D eigenvalue weighted by molar-refractivity contribution is -0.134. The summed E-state index contributed by atoms with van der Waals surface area (Å²) < 4.78 is 27.2. The van der Waals surface area contributed by atoms with Crippen LogP contribution in [0.4, 0.5) is 0 Å². The third-order valence-electron chi connectivity index (χ3n) is 4.91. The van der Waals surface area contributed by atoms with Crippen molar-refractivity contribution in [1.82, 2.24) is 4.90 Å². The van der Waals surface area contributed by atoms with Crippen LogP contribution < -0.4 is 14.2 Å². The highest BCUT2D eigenvalue weighted by atomic mass is 16.7. The van der Waals surface area contributed by atoms with Crippen molar-refractivity contribution >= 4 is 12.0 Å². The molecule has 2 heterocycles. The zero-order valence-electron chi connectivity index (χ0n) is 16.1. The lowest BCUT2D eigenvalue weighted by Crippen LogP contribution is -2.43. The lowest BCUT2D eigenvalue weighted by Gasteiger charge is -2.34.